The number of nitrogens with one attached hydrogen (secondary N) is 1. The number of hydrogen-bond acceptors (Lipinski definition) is 3. The largest absolute Gasteiger partial charge is 0.497 e. The first-order valence-corrected chi connectivity index (χ1v) is 11.1. The van der Waals surface area contributed by atoms with E-state index >= 15 is 0 Å². The molecule has 1 aliphatic rings. The number of carbonyl (C=O) groups is 1. The zero-order valence-electron chi connectivity index (χ0n) is 17.9. The molecule has 2 aromatic carbocycles. The number of rotatable bonds is 7. The van der Waals surface area contributed by atoms with E-state index in [9.17, 15) is 4.79 Å². The van der Waals surface area contributed by atoms with Crippen LogP contribution < -0.4 is 10.1 Å². The number of methoxy groups -OCH3 is 1. The van der Waals surface area contributed by atoms with Gasteiger partial charge < -0.3 is 14.6 Å². The van der Waals surface area contributed by atoms with E-state index in [1.807, 2.05) is 31.2 Å². The average Bonchev–Trinajstić information content (AvgIpc) is 3.17. The summed E-state index contributed by atoms with van der Waals surface area (Å²) in [5.41, 5.74) is 2.72. The normalized spacial score (nSPS) is 15.8. The first-order chi connectivity index (χ1) is 14.7. The number of carbonyl (C=O) groups excluding carboxylic acids is 1. The van der Waals surface area contributed by atoms with Crippen LogP contribution in [0.2, 0.25) is 0 Å². The molecule has 158 valence electrons. The summed E-state index contributed by atoms with van der Waals surface area (Å²) in [6.45, 7) is 2.95. The molecule has 1 aromatic heterocycles. The van der Waals surface area contributed by atoms with Crippen molar-refractivity contribution in [3.63, 3.8) is 0 Å². The predicted molar refractivity (Wildman–Crippen MR) is 120 cm³/mol. The molecule has 30 heavy (non-hydrogen) atoms. The number of hydrogen-bond donors (Lipinski definition) is 1. The lowest BCUT2D eigenvalue weighted by Crippen LogP contribution is -2.29. The van der Waals surface area contributed by atoms with Crippen LogP contribution >= 0.6 is 0 Å². The maximum absolute atomic E-state index is 12.8. The fourth-order valence-corrected chi connectivity index (χ4v) is 4.56. The Balaban J connectivity index is 1.55. The highest BCUT2D eigenvalue weighted by Gasteiger charge is 2.21. The van der Waals surface area contributed by atoms with Gasteiger partial charge in [-0.15, -0.1) is 0 Å². The van der Waals surface area contributed by atoms with Crippen molar-refractivity contribution in [2.75, 3.05) is 7.11 Å². The molecule has 1 fully saturated rings. The molecule has 0 saturated heterocycles. The molecule has 1 unspecified atom stereocenters. The zero-order valence-corrected chi connectivity index (χ0v) is 17.9. The standard InChI is InChI=1S/C25H31N3O2/c1-18(26-25(29)20-11-8-12-21(17-20)30-2)24-27-22-13-6-7-14-23(22)28(24)16-15-19-9-4-3-5-10-19/h6-8,11-14,17-19H,3-5,9-10,15-16H2,1-2H3,(H,26,29). The lowest BCUT2D eigenvalue weighted by atomic mass is 9.87. The summed E-state index contributed by atoms with van der Waals surface area (Å²) in [6, 6.07) is 15.3. The molecule has 1 aliphatic carbocycles. The number of aromatic nitrogens is 2. The van der Waals surface area contributed by atoms with Crippen LogP contribution in [0, 0.1) is 5.92 Å². The second kappa shape index (κ2) is 9.33. The van der Waals surface area contributed by atoms with Gasteiger partial charge in [0.25, 0.3) is 5.91 Å². The summed E-state index contributed by atoms with van der Waals surface area (Å²) < 4.78 is 7.55. The highest BCUT2D eigenvalue weighted by Crippen LogP contribution is 2.29. The van der Waals surface area contributed by atoms with E-state index < -0.39 is 0 Å². The molecule has 1 atom stereocenters. The first-order valence-electron chi connectivity index (χ1n) is 11.1. The fourth-order valence-electron chi connectivity index (χ4n) is 4.56. The highest BCUT2D eigenvalue weighted by atomic mass is 16.5. The molecule has 1 saturated carbocycles. The third kappa shape index (κ3) is 4.50. The van der Waals surface area contributed by atoms with Crippen LogP contribution in [0.15, 0.2) is 48.5 Å². The lowest BCUT2D eigenvalue weighted by Gasteiger charge is -2.23. The predicted octanol–water partition coefficient (Wildman–Crippen LogP) is 5.51. The molecular formula is C25H31N3O2. The molecule has 0 spiro atoms. The van der Waals surface area contributed by atoms with E-state index in [1.165, 1.54) is 38.5 Å². The molecular weight excluding hydrogens is 374 g/mol. The molecule has 5 nitrogen and oxygen atoms in total. The Morgan fingerprint density at radius 1 is 1.17 bits per heavy atom. The van der Waals surface area contributed by atoms with Crippen LogP contribution in [-0.4, -0.2) is 22.6 Å². The minimum Gasteiger partial charge on any atom is -0.497 e. The summed E-state index contributed by atoms with van der Waals surface area (Å²) in [7, 11) is 1.61. The Bertz CT molecular complexity index is 1000. The minimum absolute atomic E-state index is 0.118. The number of aryl methyl sites for hydroxylation is 1. The van der Waals surface area contributed by atoms with Crippen LogP contribution in [0.5, 0.6) is 5.75 Å². The Morgan fingerprint density at radius 2 is 1.97 bits per heavy atom. The van der Waals surface area contributed by atoms with E-state index in [0.717, 1.165) is 29.3 Å². The fraction of sp³-hybridized carbons (Fsp3) is 0.440. The molecule has 1 N–H and O–H groups in total. The van der Waals surface area contributed by atoms with Crippen molar-refractivity contribution in [3.8, 4) is 5.75 Å². The summed E-state index contributed by atoms with van der Waals surface area (Å²) in [4.78, 5) is 17.7. The molecule has 0 aliphatic heterocycles. The SMILES string of the molecule is COc1cccc(C(=O)NC(C)c2nc3ccccc3n2CCC2CCCCC2)c1. The summed E-state index contributed by atoms with van der Waals surface area (Å²) >= 11 is 0. The van der Waals surface area contributed by atoms with Crippen molar-refractivity contribution in [1.82, 2.24) is 14.9 Å². The Labute approximate surface area is 178 Å². The van der Waals surface area contributed by atoms with Gasteiger partial charge in [0, 0.05) is 12.1 Å². The van der Waals surface area contributed by atoms with Gasteiger partial charge in [-0.25, -0.2) is 4.98 Å². The molecule has 5 heteroatoms. The van der Waals surface area contributed by atoms with E-state index in [2.05, 4.69) is 22.0 Å². The maximum atomic E-state index is 12.8. The second-order valence-corrected chi connectivity index (χ2v) is 8.33. The number of fused-ring (bicyclic) bond motifs is 1. The van der Waals surface area contributed by atoms with Gasteiger partial charge >= 0.3 is 0 Å². The third-order valence-electron chi connectivity index (χ3n) is 6.24. The molecule has 0 radical (unpaired) electrons. The van der Waals surface area contributed by atoms with Crippen molar-refractivity contribution >= 4 is 16.9 Å². The lowest BCUT2D eigenvalue weighted by molar-refractivity contribution is 0.0937. The highest BCUT2D eigenvalue weighted by molar-refractivity contribution is 5.94. The number of para-hydroxylation sites is 2. The van der Waals surface area contributed by atoms with Gasteiger partial charge in [-0.05, 0) is 49.6 Å². The second-order valence-electron chi connectivity index (χ2n) is 8.33. The van der Waals surface area contributed by atoms with Crippen LogP contribution in [-0.2, 0) is 6.54 Å². The van der Waals surface area contributed by atoms with Gasteiger partial charge in [-0.1, -0.05) is 50.3 Å². The van der Waals surface area contributed by atoms with Crippen molar-refractivity contribution in [1.29, 1.82) is 0 Å². The number of imidazole rings is 1. The monoisotopic (exact) mass is 405 g/mol. The van der Waals surface area contributed by atoms with Crippen molar-refractivity contribution < 1.29 is 9.53 Å². The third-order valence-corrected chi connectivity index (χ3v) is 6.24. The van der Waals surface area contributed by atoms with Gasteiger partial charge in [0.05, 0.1) is 24.2 Å². The van der Waals surface area contributed by atoms with Crippen LogP contribution in [0.3, 0.4) is 0 Å². The average molecular weight is 406 g/mol. The van der Waals surface area contributed by atoms with Gasteiger partial charge in [-0.2, -0.15) is 0 Å². The quantitative estimate of drug-likeness (QED) is 0.564. The summed E-state index contributed by atoms with van der Waals surface area (Å²) in [6.07, 6.45) is 7.94. The topological polar surface area (TPSA) is 56.1 Å². The van der Waals surface area contributed by atoms with Crippen LogP contribution in [0.4, 0.5) is 0 Å². The smallest absolute Gasteiger partial charge is 0.251 e. The first kappa shape index (κ1) is 20.5. The maximum Gasteiger partial charge on any atom is 0.251 e. The van der Waals surface area contributed by atoms with Gasteiger partial charge in [0.1, 0.15) is 11.6 Å². The number of amides is 1. The molecule has 1 amide bonds. The molecule has 4 rings (SSSR count). The minimum atomic E-state index is -0.192. The zero-order chi connectivity index (χ0) is 20.9. The van der Waals surface area contributed by atoms with E-state index in [4.69, 9.17) is 9.72 Å². The number of nitrogens with zero attached hydrogens (tertiary/aromatic N) is 2. The van der Waals surface area contributed by atoms with Gasteiger partial charge in [0.15, 0.2) is 0 Å². The number of ether oxygens (including phenoxy) is 1. The summed E-state index contributed by atoms with van der Waals surface area (Å²) in [5.74, 6) is 2.28. The van der Waals surface area contributed by atoms with Gasteiger partial charge in [0.2, 0.25) is 0 Å². The van der Waals surface area contributed by atoms with Gasteiger partial charge in [-0.3, -0.25) is 4.79 Å². The van der Waals surface area contributed by atoms with E-state index in [-0.39, 0.29) is 11.9 Å². The number of benzene rings is 2. The van der Waals surface area contributed by atoms with Crippen LogP contribution in [0.1, 0.15) is 67.7 Å². The molecule has 1 heterocycles. The van der Waals surface area contributed by atoms with E-state index in [0.29, 0.717) is 11.3 Å². The Hall–Kier alpha value is -2.82. The summed E-state index contributed by atoms with van der Waals surface area (Å²) in [5, 5.41) is 3.13. The van der Waals surface area contributed by atoms with E-state index in [1.54, 1.807) is 19.2 Å². The Morgan fingerprint density at radius 3 is 2.77 bits per heavy atom. The van der Waals surface area contributed by atoms with Crippen molar-refractivity contribution in [2.45, 2.75) is 58.0 Å². The van der Waals surface area contributed by atoms with Crippen LogP contribution in [0.25, 0.3) is 11.0 Å². The Kier molecular flexibility index (Phi) is 6.36. The van der Waals surface area contributed by atoms with Crippen molar-refractivity contribution in [3.05, 3.63) is 59.9 Å². The molecule has 0 bridgehead atoms. The molecule has 3 aromatic rings. The van der Waals surface area contributed by atoms with Crippen molar-refractivity contribution in [2.24, 2.45) is 5.92 Å².